The number of hydrogen-bond acceptors (Lipinski definition) is 11. The molecule has 1 unspecified atom stereocenters. The third-order valence-electron chi connectivity index (χ3n) is 9.87. The predicted octanol–water partition coefficient (Wildman–Crippen LogP) is 7.46. The fraction of sp³-hybridized carbons (Fsp3) is 0.452. The first-order valence-corrected chi connectivity index (χ1v) is 20.0. The summed E-state index contributed by atoms with van der Waals surface area (Å²) in [6.45, 7) is 8.94. The number of imidazole rings is 1. The Hall–Kier alpha value is -4.38. The Morgan fingerprint density at radius 1 is 0.964 bits per heavy atom. The second kappa shape index (κ2) is 18.3. The summed E-state index contributed by atoms with van der Waals surface area (Å²) in [5.74, 6) is 1.91. The number of aliphatic imine (C=N–C) groups is 1. The summed E-state index contributed by atoms with van der Waals surface area (Å²) in [6.07, 6.45) is 3.60. The highest BCUT2D eigenvalue weighted by Gasteiger charge is 2.65. The van der Waals surface area contributed by atoms with Crippen molar-refractivity contribution in [1.82, 2.24) is 19.1 Å². The Bertz CT molecular complexity index is 1860. The van der Waals surface area contributed by atoms with Crippen LogP contribution in [0.3, 0.4) is 0 Å². The molecule has 14 heteroatoms. The molecule has 298 valence electrons. The average Bonchev–Trinajstić information content (AvgIpc) is 3.90. The fourth-order valence-corrected chi connectivity index (χ4v) is 9.15. The van der Waals surface area contributed by atoms with Gasteiger partial charge < -0.3 is 37.6 Å². The number of benzene rings is 3. The van der Waals surface area contributed by atoms with E-state index in [0.717, 1.165) is 28.2 Å². The van der Waals surface area contributed by atoms with Crippen LogP contribution in [0.25, 0.3) is 0 Å². The number of ether oxygens (including phenoxy) is 5. The van der Waals surface area contributed by atoms with Crippen molar-refractivity contribution in [2.24, 2.45) is 4.99 Å². The first-order valence-electron chi connectivity index (χ1n) is 18.8. The van der Waals surface area contributed by atoms with E-state index in [2.05, 4.69) is 60.5 Å². The van der Waals surface area contributed by atoms with Gasteiger partial charge in [-0.25, -0.2) is 14.6 Å². The maximum Gasteiger partial charge on any atom is 0.259 e. The molecule has 0 N–H and O–H groups in total. The summed E-state index contributed by atoms with van der Waals surface area (Å²) < 4.78 is 50.1. The largest absolute Gasteiger partial charge is 0.497 e. The zero-order valence-electron chi connectivity index (χ0n) is 33.4. The quantitative estimate of drug-likeness (QED) is 0.0310. The summed E-state index contributed by atoms with van der Waals surface area (Å²) >= 11 is 0. The number of nitriles is 1. The zero-order chi connectivity index (χ0) is 39.9. The molecule has 2 saturated heterocycles. The van der Waals surface area contributed by atoms with Crippen LogP contribution in [-0.4, -0.2) is 103 Å². The van der Waals surface area contributed by atoms with Crippen LogP contribution in [0.2, 0.25) is 0 Å². The molecule has 2 aliphatic heterocycles. The minimum atomic E-state index is -1.67. The van der Waals surface area contributed by atoms with Crippen LogP contribution < -0.4 is 9.47 Å². The smallest absolute Gasteiger partial charge is 0.259 e. The van der Waals surface area contributed by atoms with Crippen LogP contribution in [0.4, 0.5) is 5.95 Å². The summed E-state index contributed by atoms with van der Waals surface area (Å²) in [6, 6.07) is 28.4. The third-order valence-corrected chi connectivity index (χ3v) is 12.0. The molecule has 13 nitrogen and oxygen atoms in total. The zero-order valence-corrected chi connectivity index (χ0v) is 34.3. The van der Waals surface area contributed by atoms with Crippen LogP contribution in [0.5, 0.6) is 11.5 Å². The molecule has 2 fully saturated rings. The Morgan fingerprint density at radius 2 is 1.57 bits per heavy atom. The Balaban J connectivity index is 1.48. The van der Waals surface area contributed by atoms with Crippen molar-refractivity contribution >= 4 is 20.8 Å². The second-order valence-corrected chi connectivity index (χ2v) is 16.0. The number of nitrogens with zero attached hydrogens (tertiary/aromatic N) is 6. The molecule has 0 aliphatic carbocycles. The normalized spacial score (nSPS) is 21.3. The van der Waals surface area contributed by atoms with Crippen molar-refractivity contribution < 1.29 is 32.7 Å². The molecule has 56 heavy (non-hydrogen) atoms. The van der Waals surface area contributed by atoms with Gasteiger partial charge in [-0.2, -0.15) is 5.26 Å². The summed E-state index contributed by atoms with van der Waals surface area (Å²) in [7, 11) is 5.43. The highest BCUT2D eigenvalue weighted by atomic mass is 31.2. The highest BCUT2D eigenvalue weighted by Crippen LogP contribution is 2.56. The lowest BCUT2D eigenvalue weighted by molar-refractivity contribution is -0.202. The molecule has 0 saturated carbocycles. The van der Waals surface area contributed by atoms with E-state index in [4.69, 9.17) is 32.7 Å². The Labute approximate surface area is 331 Å². The fourth-order valence-electron chi connectivity index (χ4n) is 7.34. The van der Waals surface area contributed by atoms with Gasteiger partial charge in [-0.3, -0.25) is 4.57 Å². The maximum absolute atomic E-state index is 9.42. The number of rotatable bonds is 19. The molecule has 0 radical (unpaired) electrons. The van der Waals surface area contributed by atoms with Crippen LogP contribution in [0, 0.1) is 11.3 Å². The van der Waals surface area contributed by atoms with Gasteiger partial charge in [0.2, 0.25) is 5.95 Å². The van der Waals surface area contributed by atoms with E-state index in [1.807, 2.05) is 96.5 Å². The van der Waals surface area contributed by atoms with E-state index in [-0.39, 0.29) is 38.3 Å². The summed E-state index contributed by atoms with van der Waals surface area (Å²) in [4.78, 5) is 11.0. The second-order valence-electron chi connectivity index (χ2n) is 14.6. The van der Waals surface area contributed by atoms with Crippen molar-refractivity contribution in [3.05, 3.63) is 108 Å². The van der Waals surface area contributed by atoms with Gasteiger partial charge in [-0.05, 0) is 68.7 Å². The lowest BCUT2D eigenvalue weighted by Crippen LogP contribution is -2.49. The molecule has 0 amide bonds. The van der Waals surface area contributed by atoms with Crippen LogP contribution in [0.1, 0.15) is 57.0 Å². The monoisotopic (exact) mass is 784 g/mol. The minimum Gasteiger partial charge on any atom is -0.497 e. The van der Waals surface area contributed by atoms with Gasteiger partial charge in [0.25, 0.3) is 8.53 Å². The molecule has 4 aromatic rings. The van der Waals surface area contributed by atoms with Crippen molar-refractivity contribution in [2.75, 3.05) is 48.1 Å². The van der Waals surface area contributed by atoms with Gasteiger partial charge in [-0.15, -0.1) is 0 Å². The van der Waals surface area contributed by atoms with Gasteiger partial charge in [0, 0.05) is 38.6 Å². The molecular weight excluding hydrogens is 731 g/mol. The standard InChI is InChI=1S/C42H53N6O7P/c1-30(2)48(31(3)4)56(53-26-12-23-43)55-38-37-39(47-25-24-44-40(47)45-29-46(5)6)54-41(38,27-51-37)28-52-42(32-13-10-9-11-14-32,33-15-19-35(49-7)20-16-33)34-17-21-36(50-8)22-18-34/h9-11,13-22,24-25,29-31,37-39H,12,26-28H2,1-8H3/b45-29+/t37-,38+,39-,41-,56?/m1/s1. The van der Waals surface area contributed by atoms with Crippen molar-refractivity contribution in [3.8, 4) is 17.6 Å². The van der Waals surface area contributed by atoms with E-state index in [0.29, 0.717) is 5.95 Å². The molecule has 5 atom stereocenters. The van der Waals surface area contributed by atoms with E-state index in [1.54, 1.807) is 26.8 Å². The molecule has 2 aliphatic rings. The molecule has 0 spiro atoms. The molecule has 6 rings (SSSR count). The number of aromatic nitrogens is 2. The van der Waals surface area contributed by atoms with Crippen LogP contribution in [-0.2, 0) is 28.9 Å². The predicted molar refractivity (Wildman–Crippen MR) is 215 cm³/mol. The molecule has 3 aromatic carbocycles. The van der Waals surface area contributed by atoms with Gasteiger partial charge in [-0.1, -0.05) is 54.6 Å². The van der Waals surface area contributed by atoms with E-state index < -0.39 is 38.2 Å². The summed E-state index contributed by atoms with van der Waals surface area (Å²) in [5, 5.41) is 9.42. The first kappa shape index (κ1) is 41.3. The maximum atomic E-state index is 9.42. The van der Waals surface area contributed by atoms with E-state index in [1.165, 1.54) is 0 Å². The third kappa shape index (κ3) is 8.48. The number of hydrogen-bond donors (Lipinski definition) is 0. The van der Waals surface area contributed by atoms with E-state index >= 15 is 0 Å². The van der Waals surface area contributed by atoms with Gasteiger partial charge in [0.05, 0.1) is 52.9 Å². The van der Waals surface area contributed by atoms with Gasteiger partial charge in [0.15, 0.2) is 6.23 Å². The average molecular weight is 785 g/mol. The lowest BCUT2D eigenvalue weighted by atomic mass is 9.79. The molecule has 3 heterocycles. The SMILES string of the molecule is COc1ccc(C(OC[C@@]23CO[C@@H]([C@H](n4ccnc4/N=C/N(C)C)O2)[C@@H]3OP(OCCC#N)N(C(C)C)C(C)C)(c2ccccc2)c2ccc(OC)cc2)cc1. The number of methoxy groups -OCH3 is 2. The van der Waals surface area contributed by atoms with Crippen molar-refractivity contribution in [3.63, 3.8) is 0 Å². The Morgan fingerprint density at radius 3 is 2.12 bits per heavy atom. The molecule has 1 aromatic heterocycles. The van der Waals surface area contributed by atoms with Crippen LogP contribution in [0.15, 0.2) is 96.2 Å². The van der Waals surface area contributed by atoms with E-state index in [9.17, 15) is 5.26 Å². The lowest BCUT2D eigenvalue weighted by Gasteiger charge is -2.41. The van der Waals surface area contributed by atoms with Crippen molar-refractivity contribution in [2.45, 2.75) is 75.8 Å². The molecular formula is C42H53N6O7P. The molecule has 2 bridgehead atoms. The van der Waals surface area contributed by atoms with Crippen molar-refractivity contribution in [1.29, 1.82) is 5.26 Å². The number of fused-ring (bicyclic) bond motifs is 2. The minimum absolute atomic E-state index is 0.0628. The van der Waals surface area contributed by atoms with Gasteiger partial charge >= 0.3 is 0 Å². The van der Waals surface area contributed by atoms with Gasteiger partial charge in [0.1, 0.15) is 34.9 Å². The highest BCUT2D eigenvalue weighted by molar-refractivity contribution is 7.44. The topological polar surface area (TPSA) is 125 Å². The van der Waals surface area contributed by atoms with Crippen LogP contribution >= 0.6 is 8.53 Å². The first-order chi connectivity index (χ1) is 27.1. The summed E-state index contributed by atoms with van der Waals surface area (Å²) in [5.41, 5.74) is 0.453. The Kier molecular flexibility index (Phi) is 13.5.